The summed E-state index contributed by atoms with van der Waals surface area (Å²) in [5, 5.41) is 0. The Bertz CT molecular complexity index is 399. The van der Waals surface area contributed by atoms with E-state index in [-0.39, 0.29) is 12.4 Å². The lowest BCUT2D eigenvalue weighted by molar-refractivity contribution is 0.340. The first-order valence-electron chi connectivity index (χ1n) is 4.20. The van der Waals surface area contributed by atoms with E-state index in [4.69, 9.17) is 20.2 Å². The van der Waals surface area contributed by atoms with Crippen molar-refractivity contribution in [2.24, 2.45) is 0 Å². The van der Waals surface area contributed by atoms with Gasteiger partial charge < -0.3 is 9.47 Å². The van der Waals surface area contributed by atoms with Crippen LogP contribution in [0.5, 0.6) is 11.5 Å². The summed E-state index contributed by atoms with van der Waals surface area (Å²) in [7, 11) is 3.10. The fourth-order valence-electron chi connectivity index (χ4n) is 0.931. The summed E-state index contributed by atoms with van der Waals surface area (Å²) in [6.45, 7) is 0.0398. The molecule has 0 amide bonds. The molecule has 0 saturated carbocycles. The first kappa shape index (κ1) is 12.1. The van der Waals surface area contributed by atoms with Gasteiger partial charge in [-0.1, -0.05) is 0 Å². The molecular formula is C9H11ClO4S. The van der Waals surface area contributed by atoms with Gasteiger partial charge in [0.05, 0.1) is 12.9 Å². The van der Waals surface area contributed by atoms with Crippen LogP contribution in [0.15, 0.2) is 24.3 Å². The number of hydrogen-bond acceptors (Lipinski definition) is 4. The Hall–Kier alpha value is -0.940. The summed E-state index contributed by atoms with van der Waals surface area (Å²) in [5.41, 5.74) is 0. The number of halogens is 1. The van der Waals surface area contributed by atoms with Crippen molar-refractivity contribution in [1.82, 2.24) is 0 Å². The summed E-state index contributed by atoms with van der Waals surface area (Å²) in [6.07, 6.45) is 0. The van der Waals surface area contributed by atoms with Crippen LogP contribution < -0.4 is 9.47 Å². The number of benzene rings is 1. The number of hydrogen-bond donors (Lipinski definition) is 0. The normalized spacial score (nSPS) is 11.1. The Morgan fingerprint density at radius 3 is 2.20 bits per heavy atom. The van der Waals surface area contributed by atoms with Crippen LogP contribution in [0.25, 0.3) is 0 Å². The van der Waals surface area contributed by atoms with Crippen LogP contribution >= 0.6 is 10.7 Å². The zero-order chi connectivity index (χ0) is 11.3. The maximum Gasteiger partial charge on any atom is 0.235 e. The predicted molar refractivity (Wildman–Crippen MR) is 58.1 cm³/mol. The van der Waals surface area contributed by atoms with Gasteiger partial charge in [0.2, 0.25) is 9.05 Å². The smallest absolute Gasteiger partial charge is 0.235 e. The summed E-state index contributed by atoms with van der Waals surface area (Å²) in [4.78, 5) is 0. The summed E-state index contributed by atoms with van der Waals surface area (Å²) in [5.74, 6) is 1.09. The van der Waals surface area contributed by atoms with Crippen LogP contribution in [-0.4, -0.2) is 27.9 Å². The van der Waals surface area contributed by atoms with Gasteiger partial charge in [-0.25, -0.2) is 8.42 Å². The lowest BCUT2D eigenvalue weighted by atomic mass is 10.3. The molecule has 0 radical (unpaired) electrons. The van der Waals surface area contributed by atoms with Crippen molar-refractivity contribution in [3.8, 4) is 11.5 Å². The van der Waals surface area contributed by atoms with Gasteiger partial charge >= 0.3 is 0 Å². The zero-order valence-electron chi connectivity index (χ0n) is 8.14. The molecule has 0 aromatic heterocycles. The summed E-state index contributed by atoms with van der Waals surface area (Å²) < 4.78 is 31.3. The molecule has 0 spiro atoms. The van der Waals surface area contributed by atoms with Gasteiger partial charge in [0.1, 0.15) is 18.1 Å². The second-order valence-electron chi connectivity index (χ2n) is 2.77. The van der Waals surface area contributed by atoms with Gasteiger partial charge in [0.25, 0.3) is 0 Å². The van der Waals surface area contributed by atoms with E-state index in [1.54, 1.807) is 31.4 Å². The molecule has 1 rings (SSSR count). The Balaban J connectivity index is 2.45. The van der Waals surface area contributed by atoms with Crippen LogP contribution in [0.4, 0.5) is 0 Å². The molecule has 0 aliphatic heterocycles. The van der Waals surface area contributed by atoms with E-state index in [1.807, 2.05) is 0 Å². The zero-order valence-corrected chi connectivity index (χ0v) is 9.72. The standard InChI is InChI=1S/C9H11ClO4S/c1-13-8-2-4-9(5-3-8)14-6-7-15(10,11)12/h2-5H,6-7H2,1H3. The molecule has 0 aliphatic carbocycles. The molecule has 0 fully saturated rings. The minimum absolute atomic E-state index is 0.0398. The van der Waals surface area contributed by atoms with Gasteiger partial charge in [-0.3, -0.25) is 0 Å². The SMILES string of the molecule is COc1ccc(OCCS(=O)(=O)Cl)cc1. The molecule has 0 atom stereocenters. The van der Waals surface area contributed by atoms with Crippen molar-refractivity contribution in [1.29, 1.82) is 0 Å². The van der Waals surface area contributed by atoms with E-state index in [0.717, 1.165) is 0 Å². The molecule has 4 nitrogen and oxygen atoms in total. The van der Waals surface area contributed by atoms with Gasteiger partial charge in [-0.2, -0.15) is 0 Å². The van der Waals surface area contributed by atoms with Crippen LogP contribution in [0.3, 0.4) is 0 Å². The lowest BCUT2D eigenvalue weighted by Crippen LogP contribution is -2.08. The molecule has 0 saturated heterocycles. The molecule has 0 N–H and O–H groups in total. The van der Waals surface area contributed by atoms with E-state index >= 15 is 0 Å². The number of methoxy groups -OCH3 is 1. The van der Waals surface area contributed by atoms with Crippen LogP contribution in [-0.2, 0) is 9.05 Å². The van der Waals surface area contributed by atoms with Crippen molar-refractivity contribution in [2.75, 3.05) is 19.5 Å². The van der Waals surface area contributed by atoms with Crippen molar-refractivity contribution < 1.29 is 17.9 Å². The fraction of sp³-hybridized carbons (Fsp3) is 0.333. The molecule has 6 heteroatoms. The molecule has 0 bridgehead atoms. The molecule has 1 aromatic carbocycles. The molecule has 0 aliphatic rings. The molecule has 15 heavy (non-hydrogen) atoms. The third-order valence-corrected chi connectivity index (χ3v) is 2.77. The third-order valence-electron chi connectivity index (χ3n) is 1.66. The first-order chi connectivity index (χ1) is 7.01. The van der Waals surface area contributed by atoms with E-state index in [1.165, 1.54) is 0 Å². The van der Waals surface area contributed by atoms with Crippen molar-refractivity contribution >= 4 is 19.7 Å². The quantitative estimate of drug-likeness (QED) is 0.746. The average Bonchev–Trinajstić information content (AvgIpc) is 2.17. The lowest BCUT2D eigenvalue weighted by Gasteiger charge is -2.05. The second kappa shape index (κ2) is 5.23. The van der Waals surface area contributed by atoms with Gasteiger partial charge in [-0.05, 0) is 24.3 Å². The van der Waals surface area contributed by atoms with Crippen LogP contribution in [0.2, 0.25) is 0 Å². The Morgan fingerprint density at radius 1 is 1.20 bits per heavy atom. The largest absolute Gasteiger partial charge is 0.497 e. The van der Waals surface area contributed by atoms with Crippen LogP contribution in [0.1, 0.15) is 0 Å². The van der Waals surface area contributed by atoms with Gasteiger partial charge in [-0.15, -0.1) is 0 Å². The molecular weight excluding hydrogens is 240 g/mol. The van der Waals surface area contributed by atoms with E-state index < -0.39 is 9.05 Å². The molecule has 84 valence electrons. The van der Waals surface area contributed by atoms with Crippen molar-refractivity contribution in [3.63, 3.8) is 0 Å². The highest BCUT2D eigenvalue weighted by molar-refractivity contribution is 8.13. The summed E-state index contributed by atoms with van der Waals surface area (Å²) >= 11 is 0. The topological polar surface area (TPSA) is 52.6 Å². The van der Waals surface area contributed by atoms with Crippen molar-refractivity contribution in [2.45, 2.75) is 0 Å². The highest BCUT2D eigenvalue weighted by Gasteiger charge is 2.05. The van der Waals surface area contributed by atoms with E-state index in [9.17, 15) is 8.42 Å². The Kier molecular flexibility index (Phi) is 4.23. The van der Waals surface area contributed by atoms with Gasteiger partial charge in [0.15, 0.2) is 0 Å². The van der Waals surface area contributed by atoms with Crippen LogP contribution in [0, 0.1) is 0 Å². The minimum Gasteiger partial charge on any atom is -0.497 e. The highest BCUT2D eigenvalue weighted by atomic mass is 35.7. The first-order valence-corrected chi connectivity index (χ1v) is 6.68. The molecule has 1 aromatic rings. The molecule has 0 unspecified atom stereocenters. The molecule has 0 heterocycles. The third kappa shape index (κ3) is 4.90. The Morgan fingerprint density at radius 2 is 1.73 bits per heavy atom. The second-order valence-corrected chi connectivity index (χ2v) is 5.66. The number of rotatable bonds is 5. The van der Waals surface area contributed by atoms with Crippen molar-refractivity contribution in [3.05, 3.63) is 24.3 Å². The van der Waals surface area contributed by atoms with E-state index in [0.29, 0.717) is 11.5 Å². The number of ether oxygens (including phenoxy) is 2. The monoisotopic (exact) mass is 250 g/mol. The fourth-order valence-corrected chi connectivity index (χ4v) is 1.40. The minimum atomic E-state index is -3.48. The Labute approximate surface area is 93.2 Å². The van der Waals surface area contributed by atoms with Gasteiger partial charge in [0, 0.05) is 10.7 Å². The summed E-state index contributed by atoms with van der Waals surface area (Å²) in [6, 6.07) is 6.84. The predicted octanol–water partition coefficient (Wildman–Crippen LogP) is 1.64. The highest BCUT2D eigenvalue weighted by Crippen LogP contribution is 2.16. The maximum absolute atomic E-state index is 10.6. The average molecular weight is 251 g/mol. The maximum atomic E-state index is 10.6. The van der Waals surface area contributed by atoms with E-state index in [2.05, 4.69) is 0 Å².